The number of hydroxylamine groups is 1. The summed E-state index contributed by atoms with van der Waals surface area (Å²) < 4.78 is 4.74. The van der Waals surface area contributed by atoms with E-state index in [9.17, 15) is 4.79 Å². The van der Waals surface area contributed by atoms with Crippen molar-refractivity contribution >= 4 is 11.9 Å². The highest BCUT2D eigenvalue weighted by atomic mass is 16.5. The number of nitrogens with zero attached hydrogens (tertiary/aromatic N) is 1. The minimum atomic E-state index is -0.535. The van der Waals surface area contributed by atoms with Gasteiger partial charge in [0.2, 0.25) is 11.9 Å². The lowest BCUT2D eigenvalue weighted by molar-refractivity contribution is -0.122. The second-order valence-corrected chi connectivity index (χ2v) is 1.90. The van der Waals surface area contributed by atoms with Crippen molar-refractivity contribution in [1.82, 2.24) is 5.48 Å². The molecule has 0 aromatic carbocycles. The van der Waals surface area contributed by atoms with Gasteiger partial charge in [0, 0.05) is 0 Å². The Balaban J connectivity index is 3.27. The van der Waals surface area contributed by atoms with Crippen molar-refractivity contribution in [2.24, 2.45) is 16.5 Å². The lowest BCUT2D eigenvalue weighted by Crippen LogP contribution is -2.29. The second kappa shape index (κ2) is 6.38. The van der Waals surface area contributed by atoms with Gasteiger partial charge in [0.25, 0.3) is 0 Å². The van der Waals surface area contributed by atoms with Crippen LogP contribution in [-0.4, -0.2) is 36.8 Å². The molecule has 7 heteroatoms. The first-order valence-corrected chi connectivity index (χ1v) is 3.23. The first-order chi connectivity index (χ1) is 5.66. The van der Waals surface area contributed by atoms with Crippen LogP contribution in [0.15, 0.2) is 4.99 Å². The Hall–Kier alpha value is -1.34. The molecular formula is C5H12N4O3. The normalized spacial score (nSPS) is 11.2. The smallest absolute Gasteiger partial charge is 0.243 e. The van der Waals surface area contributed by atoms with Gasteiger partial charge in [-0.1, -0.05) is 0 Å². The molecule has 6 N–H and O–H groups in total. The van der Waals surface area contributed by atoms with Gasteiger partial charge in [0.1, 0.15) is 6.61 Å². The summed E-state index contributed by atoms with van der Waals surface area (Å²) in [5.74, 6) is -0.634. The third kappa shape index (κ3) is 6.78. The summed E-state index contributed by atoms with van der Waals surface area (Å²) in [6.45, 7) is 0.347. The van der Waals surface area contributed by atoms with Gasteiger partial charge in [-0.25, -0.2) is 10.5 Å². The number of aliphatic imine (C=N–C) groups is 1. The van der Waals surface area contributed by atoms with E-state index in [0.29, 0.717) is 0 Å². The first kappa shape index (κ1) is 10.7. The maximum atomic E-state index is 10.1. The van der Waals surface area contributed by atoms with Gasteiger partial charge >= 0.3 is 0 Å². The lowest BCUT2D eigenvalue weighted by Gasteiger charge is -1.99. The minimum absolute atomic E-state index is 0.0994. The van der Waals surface area contributed by atoms with E-state index in [1.54, 1.807) is 5.48 Å². The van der Waals surface area contributed by atoms with Crippen molar-refractivity contribution in [3.63, 3.8) is 0 Å². The molecule has 0 aliphatic heterocycles. The van der Waals surface area contributed by atoms with Gasteiger partial charge in [0.15, 0.2) is 0 Å². The van der Waals surface area contributed by atoms with E-state index in [4.69, 9.17) is 21.4 Å². The summed E-state index contributed by atoms with van der Waals surface area (Å²) in [6, 6.07) is 0. The fraction of sp³-hybridized carbons (Fsp3) is 0.600. The van der Waals surface area contributed by atoms with Crippen molar-refractivity contribution in [3.05, 3.63) is 0 Å². The van der Waals surface area contributed by atoms with Crippen LogP contribution in [-0.2, 0) is 9.53 Å². The van der Waals surface area contributed by atoms with E-state index in [2.05, 4.69) is 4.99 Å². The highest BCUT2D eigenvalue weighted by molar-refractivity contribution is 5.76. The zero-order chi connectivity index (χ0) is 9.40. The molecule has 0 heterocycles. The molecule has 0 rings (SSSR count). The lowest BCUT2D eigenvalue weighted by atomic mass is 10.6. The van der Waals surface area contributed by atoms with Crippen molar-refractivity contribution in [2.45, 2.75) is 0 Å². The summed E-state index contributed by atoms with van der Waals surface area (Å²) >= 11 is 0. The molecule has 1 amide bonds. The molecule has 0 atom stereocenters. The number of carbonyl (C=O) groups is 1. The van der Waals surface area contributed by atoms with Crippen LogP contribution in [0.4, 0.5) is 0 Å². The maximum Gasteiger partial charge on any atom is 0.243 e. The molecule has 0 aliphatic rings. The van der Waals surface area contributed by atoms with Crippen LogP contribution in [0.3, 0.4) is 0 Å². The van der Waals surface area contributed by atoms with Crippen molar-refractivity contribution in [1.29, 1.82) is 0 Å². The van der Waals surface area contributed by atoms with Crippen LogP contribution in [0, 0.1) is 0 Å². The highest BCUT2D eigenvalue weighted by Crippen LogP contribution is 1.75. The molecule has 12 heavy (non-hydrogen) atoms. The molecular weight excluding hydrogens is 164 g/mol. The summed E-state index contributed by atoms with van der Waals surface area (Å²) in [6.07, 6.45) is 0. The molecule has 0 unspecified atom stereocenters. The van der Waals surface area contributed by atoms with E-state index < -0.39 is 5.91 Å². The van der Waals surface area contributed by atoms with E-state index in [1.807, 2.05) is 0 Å². The summed E-state index contributed by atoms with van der Waals surface area (Å²) in [7, 11) is 0. The standard InChI is InChI=1S/C5H12N4O3/c6-4(10)3-12-2-1-8-5(7)9-11/h11H,1-3H2,(H2,6,10)(H3,7,8,9). The van der Waals surface area contributed by atoms with Gasteiger partial charge in [0.05, 0.1) is 13.2 Å². The topological polar surface area (TPSA) is 123 Å². The quantitative estimate of drug-likeness (QED) is 0.163. The fourth-order valence-corrected chi connectivity index (χ4v) is 0.439. The third-order valence-electron chi connectivity index (χ3n) is 0.877. The van der Waals surface area contributed by atoms with E-state index >= 15 is 0 Å². The average Bonchev–Trinajstić information content (AvgIpc) is 2.03. The molecule has 0 aromatic heterocycles. The van der Waals surface area contributed by atoms with E-state index in [1.165, 1.54) is 0 Å². The molecule has 0 radical (unpaired) electrons. The first-order valence-electron chi connectivity index (χ1n) is 3.23. The predicted molar refractivity (Wildman–Crippen MR) is 41.4 cm³/mol. The number of ether oxygens (including phenoxy) is 1. The minimum Gasteiger partial charge on any atom is -0.370 e. The van der Waals surface area contributed by atoms with Crippen molar-refractivity contribution in [2.75, 3.05) is 19.8 Å². The Morgan fingerprint density at radius 2 is 2.25 bits per heavy atom. The molecule has 7 nitrogen and oxygen atoms in total. The molecule has 0 fully saturated rings. The van der Waals surface area contributed by atoms with Crippen molar-refractivity contribution < 1.29 is 14.7 Å². The zero-order valence-corrected chi connectivity index (χ0v) is 6.49. The molecule has 0 aliphatic carbocycles. The van der Waals surface area contributed by atoms with Gasteiger partial charge in [-0.2, -0.15) is 0 Å². The number of rotatable bonds is 5. The van der Waals surface area contributed by atoms with Crippen LogP contribution in [0.1, 0.15) is 0 Å². The maximum absolute atomic E-state index is 10.1. The number of nitrogens with two attached hydrogens (primary N) is 2. The van der Waals surface area contributed by atoms with Gasteiger partial charge < -0.3 is 16.2 Å². The second-order valence-electron chi connectivity index (χ2n) is 1.90. The molecule has 70 valence electrons. The number of nitrogens with one attached hydrogen (secondary N) is 1. The van der Waals surface area contributed by atoms with Crippen LogP contribution < -0.4 is 16.9 Å². The Morgan fingerprint density at radius 3 is 2.75 bits per heavy atom. The number of primary amides is 1. The van der Waals surface area contributed by atoms with E-state index in [-0.39, 0.29) is 25.7 Å². The Bertz CT molecular complexity index is 170. The molecule has 0 bridgehead atoms. The van der Waals surface area contributed by atoms with Crippen molar-refractivity contribution in [3.8, 4) is 0 Å². The van der Waals surface area contributed by atoms with Crippen LogP contribution in [0.2, 0.25) is 0 Å². The summed E-state index contributed by atoms with van der Waals surface area (Å²) in [4.78, 5) is 13.7. The van der Waals surface area contributed by atoms with Crippen LogP contribution >= 0.6 is 0 Å². The number of carbonyl (C=O) groups excluding carboxylic acids is 1. The molecule has 0 aromatic rings. The average molecular weight is 176 g/mol. The monoisotopic (exact) mass is 176 g/mol. The van der Waals surface area contributed by atoms with Crippen LogP contribution in [0.5, 0.6) is 0 Å². The fourth-order valence-electron chi connectivity index (χ4n) is 0.439. The Labute approximate surface area is 69.3 Å². The van der Waals surface area contributed by atoms with Gasteiger partial charge in [-0.15, -0.1) is 0 Å². The Morgan fingerprint density at radius 1 is 1.58 bits per heavy atom. The number of hydrogen-bond acceptors (Lipinski definition) is 4. The third-order valence-corrected chi connectivity index (χ3v) is 0.877. The summed E-state index contributed by atoms with van der Waals surface area (Å²) in [5, 5.41) is 8.16. The van der Waals surface area contributed by atoms with Crippen LogP contribution in [0.25, 0.3) is 0 Å². The highest BCUT2D eigenvalue weighted by Gasteiger charge is 1.92. The van der Waals surface area contributed by atoms with Gasteiger partial charge in [-0.3, -0.25) is 10.0 Å². The number of hydrogen-bond donors (Lipinski definition) is 4. The van der Waals surface area contributed by atoms with Gasteiger partial charge in [-0.05, 0) is 0 Å². The summed E-state index contributed by atoms with van der Waals surface area (Å²) in [5.41, 5.74) is 11.5. The molecule has 0 spiro atoms. The van der Waals surface area contributed by atoms with E-state index in [0.717, 1.165) is 0 Å². The Kier molecular flexibility index (Phi) is 5.66. The SMILES string of the molecule is NC(=O)COCCN=C(N)NO. The zero-order valence-electron chi connectivity index (χ0n) is 6.49. The molecule has 0 saturated carbocycles. The number of amides is 1. The molecule has 0 saturated heterocycles. The predicted octanol–water partition coefficient (Wildman–Crippen LogP) is -2.22. The largest absolute Gasteiger partial charge is 0.370 e. The number of guanidine groups is 1.